The summed E-state index contributed by atoms with van der Waals surface area (Å²) in [7, 11) is 0. The smallest absolute Gasteiger partial charge is 0.276 e. The summed E-state index contributed by atoms with van der Waals surface area (Å²) in [6.45, 7) is 4.00. The minimum atomic E-state index is -0.477. The van der Waals surface area contributed by atoms with E-state index in [9.17, 15) is 9.59 Å². The first-order valence-electron chi connectivity index (χ1n) is 7.71. The van der Waals surface area contributed by atoms with Crippen molar-refractivity contribution in [3.63, 3.8) is 0 Å². The molecule has 132 valence electrons. The lowest BCUT2D eigenvalue weighted by Crippen LogP contribution is -2.43. The van der Waals surface area contributed by atoms with Gasteiger partial charge in [-0.05, 0) is 59.6 Å². The van der Waals surface area contributed by atoms with Crippen LogP contribution in [-0.2, 0) is 4.79 Å². The van der Waals surface area contributed by atoms with Crippen molar-refractivity contribution in [2.75, 3.05) is 13.2 Å². The number of halogens is 1. The SMILES string of the molecule is CCOc1ccccc1C(=O)NNC(=O)COc1ccc(C)cc1Br. The van der Waals surface area contributed by atoms with Crippen molar-refractivity contribution in [2.24, 2.45) is 0 Å². The highest BCUT2D eigenvalue weighted by Crippen LogP contribution is 2.25. The largest absolute Gasteiger partial charge is 0.493 e. The quantitative estimate of drug-likeness (QED) is 0.722. The van der Waals surface area contributed by atoms with Gasteiger partial charge in [0.2, 0.25) is 0 Å². The van der Waals surface area contributed by atoms with Gasteiger partial charge in [0.25, 0.3) is 11.8 Å². The topological polar surface area (TPSA) is 76.7 Å². The predicted molar refractivity (Wildman–Crippen MR) is 97.6 cm³/mol. The number of nitrogens with one attached hydrogen (secondary N) is 2. The van der Waals surface area contributed by atoms with Crippen molar-refractivity contribution in [3.05, 3.63) is 58.1 Å². The molecule has 0 unspecified atom stereocenters. The van der Waals surface area contributed by atoms with Gasteiger partial charge in [0, 0.05) is 0 Å². The Labute approximate surface area is 154 Å². The highest BCUT2D eigenvalue weighted by atomic mass is 79.9. The molecule has 0 radical (unpaired) electrons. The van der Waals surface area contributed by atoms with Gasteiger partial charge in [0.05, 0.1) is 16.6 Å². The molecule has 0 aliphatic rings. The fourth-order valence-corrected chi connectivity index (χ4v) is 2.64. The highest BCUT2D eigenvalue weighted by Gasteiger charge is 2.13. The monoisotopic (exact) mass is 406 g/mol. The summed E-state index contributed by atoms with van der Waals surface area (Å²) in [5.74, 6) is 0.0639. The van der Waals surface area contributed by atoms with Crippen LogP contribution in [0.25, 0.3) is 0 Å². The number of para-hydroxylation sites is 1. The minimum absolute atomic E-state index is 0.227. The number of benzene rings is 2. The Bertz CT molecular complexity index is 764. The lowest BCUT2D eigenvalue weighted by atomic mass is 10.2. The number of carbonyl (C=O) groups is 2. The maximum absolute atomic E-state index is 12.2. The number of aryl methyl sites for hydroxylation is 1. The molecule has 2 rings (SSSR count). The molecule has 2 amide bonds. The van der Waals surface area contributed by atoms with E-state index in [0.29, 0.717) is 23.7 Å². The molecule has 25 heavy (non-hydrogen) atoms. The molecule has 0 saturated heterocycles. The average molecular weight is 407 g/mol. The van der Waals surface area contributed by atoms with Gasteiger partial charge >= 0.3 is 0 Å². The number of hydrogen-bond donors (Lipinski definition) is 2. The van der Waals surface area contributed by atoms with Crippen LogP contribution in [0.15, 0.2) is 46.9 Å². The molecule has 2 aromatic rings. The van der Waals surface area contributed by atoms with E-state index in [0.717, 1.165) is 10.0 Å². The summed E-state index contributed by atoms with van der Waals surface area (Å²) in [5, 5.41) is 0. The molecular formula is C18H19BrN2O4. The summed E-state index contributed by atoms with van der Waals surface area (Å²) in [6, 6.07) is 12.3. The molecule has 0 atom stereocenters. The summed E-state index contributed by atoms with van der Waals surface area (Å²) >= 11 is 3.37. The molecule has 2 N–H and O–H groups in total. The van der Waals surface area contributed by atoms with Crippen molar-refractivity contribution < 1.29 is 19.1 Å². The lowest BCUT2D eigenvalue weighted by molar-refractivity contribution is -0.123. The molecule has 0 heterocycles. The third kappa shape index (κ3) is 5.49. The maximum atomic E-state index is 12.2. The first kappa shape index (κ1) is 18.8. The second-order valence-corrected chi connectivity index (χ2v) is 6.01. The molecule has 2 aromatic carbocycles. The predicted octanol–water partition coefficient (Wildman–Crippen LogP) is 3.00. The zero-order valence-electron chi connectivity index (χ0n) is 14.0. The van der Waals surface area contributed by atoms with Crippen LogP contribution in [-0.4, -0.2) is 25.0 Å². The van der Waals surface area contributed by atoms with Crippen LogP contribution in [0.2, 0.25) is 0 Å². The number of hydrogen-bond acceptors (Lipinski definition) is 4. The summed E-state index contributed by atoms with van der Waals surface area (Å²) < 4.78 is 11.6. The van der Waals surface area contributed by atoms with Crippen LogP contribution in [0.3, 0.4) is 0 Å². The Kier molecular flexibility index (Phi) is 6.82. The first-order chi connectivity index (χ1) is 12.0. The summed E-state index contributed by atoms with van der Waals surface area (Å²) in [5.41, 5.74) is 6.08. The van der Waals surface area contributed by atoms with Crippen molar-refractivity contribution in [1.29, 1.82) is 0 Å². The van der Waals surface area contributed by atoms with Gasteiger partial charge in [-0.15, -0.1) is 0 Å². The first-order valence-corrected chi connectivity index (χ1v) is 8.50. The van der Waals surface area contributed by atoms with Crippen LogP contribution in [0.1, 0.15) is 22.8 Å². The van der Waals surface area contributed by atoms with E-state index in [1.165, 1.54) is 0 Å². The van der Waals surface area contributed by atoms with E-state index in [4.69, 9.17) is 9.47 Å². The molecule has 7 heteroatoms. The van der Waals surface area contributed by atoms with Gasteiger partial charge in [-0.3, -0.25) is 20.4 Å². The summed E-state index contributed by atoms with van der Waals surface area (Å²) in [4.78, 5) is 24.0. The van der Waals surface area contributed by atoms with E-state index in [1.54, 1.807) is 30.3 Å². The molecule has 0 fully saturated rings. The molecule has 0 aliphatic heterocycles. The molecule has 0 aliphatic carbocycles. The standard InChI is InChI=1S/C18H19BrN2O4/c1-3-24-15-7-5-4-6-13(15)18(23)21-20-17(22)11-25-16-9-8-12(2)10-14(16)19/h4-10H,3,11H2,1-2H3,(H,20,22)(H,21,23). The van der Waals surface area contributed by atoms with E-state index in [-0.39, 0.29) is 6.61 Å². The second kappa shape index (κ2) is 9.08. The van der Waals surface area contributed by atoms with Crippen LogP contribution >= 0.6 is 15.9 Å². The third-order valence-corrected chi connectivity index (χ3v) is 3.81. The Morgan fingerprint density at radius 2 is 1.80 bits per heavy atom. The second-order valence-electron chi connectivity index (χ2n) is 5.15. The Hall–Kier alpha value is -2.54. The normalized spacial score (nSPS) is 10.0. The molecule has 0 saturated carbocycles. The number of carbonyl (C=O) groups excluding carboxylic acids is 2. The van der Waals surface area contributed by atoms with Crippen LogP contribution in [0.4, 0.5) is 0 Å². The minimum Gasteiger partial charge on any atom is -0.493 e. The number of hydrazine groups is 1. The number of amides is 2. The van der Waals surface area contributed by atoms with Gasteiger partial charge in [-0.25, -0.2) is 0 Å². The Balaban J connectivity index is 1.86. The zero-order chi connectivity index (χ0) is 18.2. The lowest BCUT2D eigenvalue weighted by Gasteiger charge is -2.12. The molecule has 0 aromatic heterocycles. The van der Waals surface area contributed by atoms with E-state index in [1.807, 2.05) is 26.0 Å². The van der Waals surface area contributed by atoms with Crippen molar-refractivity contribution in [2.45, 2.75) is 13.8 Å². The Morgan fingerprint density at radius 1 is 1.04 bits per heavy atom. The van der Waals surface area contributed by atoms with Crippen molar-refractivity contribution >= 4 is 27.7 Å². The number of rotatable bonds is 6. The van der Waals surface area contributed by atoms with Crippen molar-refractivity contribution in [3.8, 4) is 11.5 Å². The van der Waals surface area contributed by atoms with Crippen LogP contribution in [0.5, 0.6) is 11.5 Å². The van der Waals surface area contributed by atoms with Crippen LogP contribution in [0, 0.1) is 6.92 Å². The molecule has 6 nitrogen and oxygen atoms in total. The summed E-state index contributed by atoms with van der Waals surface area (Å²) in [6.07, 6.45) is 0. The van der Waals surface area contributed by atoms with Crippen molar-refractivity contribution in [1.82, 2.24) is 10.9 Å². The molecular weight excluding hydrogens is 388 g/mol. The Morgan fingerprint density at radius 3 is 2.52 bits per heavy atom. The van der Waals surface area contributed by atoms with Gasteiger partial charge in [-0.2, -0.15) is 0 Å². The average Bonchev–Trinajstić information content (AvgIpc) is 2.59. The maximum Gasteiger partial charge on any atom is 0.276 e. The number of ether oxygens (including phenoxy) is 2. The fourth-order valence-electron chi connectivity index (χ4n) is 2.03. The van der Waals surface area contributed by atoms with Gasteiger partial charge in [0.1, 0.15) is 11.5 Å². The van der Waals surface area contributed by atoms with Gasteiger partial charge in [-0.1, -0.05) is 18.2 Å². The van der Waals surface area contributed by atoms with Gasteiger partial charge in [0.15, 0.2) is 6.61 Å². The van der Waals surface area contributed by atoms with E-state index < -0.39 is 11.8 Å². The van der Waals surface area contributed by atoms with Gasteiger partial charge < -0.3 is 9.47 Å². The highest BCUT2D eigenvalue weighted by molar-refractivity contribution is 9.10. The van der Waals surface area contributed by atoms with E-state index in [2.05, 4.69) is 26.8 Å². The molecule has 0 spiro atoms. The molecule has 0 bridgehead atoms. The van der Waals surface area contributed by atoms with Crippen LogP contribution < -0.4 is 20.3 Å². The fraction of sp³-hybridized carbons (Fsp3) is 0.222. The third-order valence-electron chi connectivity index (χ3n) is 3.19. The van der Waals surface area contributed by atoms with E-state index >= 15 is 0 Å². The zero-order valence-corrected chi connectivity index (χ0v) is 15.6.